The molecule has 0 aliphatic rings. The third kappa shape index (κ3) is 8.84. The Bertz CT molecular complexity index is 731. The summed E-state index contributed by atoms with van der Waals surface area (Å²) in [6.07, 6.45) is 4.19. The van der Waals surface area contributed by atoms with Gasteiger partial charge < -0.3 is 24.8 Å². The Morgan fingerprint density at radius 2 is 1.77 bits per heavy atom. The molecule has 2 N–H and O–H groups in total. The largest absolute Gasteiger partial charge is 0.497 e. The fourth-order valence-electron chi connectivity index (χ4n) is 2.64. The SMILES string of the molecule is CCCCOCCOCCNC(=NCc1ccn(-c2ccc(OC)cc2)n1)NCC. The molecular formula is C22H35N5O3. The number of unbranched alkanes of at least 4 members (excludes halogenated alkanes) is 1. The minimum atomic E-state index is 0.491. The molecule has 1 heterocycles. The van der Waals surface area contributed by atoms with Gasteiger partial charge in [-0.1, -0.05) is 13.3 Å². The normalized spacial score (nSPS) is 11.5. The first-order chi connectivity index (χ1) is 14.8. The molecule has 0 saturated heterocycles. The van der Waals surface area contributed by atoms with Crippen molar-refractivity contribution in [1.29, 1.82) is 0 Å². The van der Waals surface area contributed by atoms with Gasteiger partial charge in [0.05, 0.1) is 44.9 Å². The lowest BCUT2D eigenvalue weighted by atomic mass is 10.3. The van der Waals surface area contributed by atoms with Gasteiger partial charge in [0.25, 0.3) is 0 Å². The van der Waals surface area contributed by atoms with Crippen molar-refractivity contribution >= 4 is 5.96 Å². The van der Waals surface area contributed by atoms with Crippen molar-refractivity contribution < 1.29 is 14.2 Å². The van der Waals surface area contributed by atoms with Crippen molar-refractivity contribution in [3.63, 3.8) is 0 Å². The zero-order chi connectivity index (χ0) is 21.4. The standard InChI is InChI=1S/C22H35N5O3/c1-4-6-14-29-16-17-30-15-12-24-22(23-5-2)25-18-19-11-13-27(26-19)20-7-9-21(28-3)10-8-20/h7-11,13H,4-6,12,14-18H2,1-3H3,(H2,23,24,25). The van der Waals surface area contributed by atoms with Crippen LogP contribution in [-0.2, 0) is 16.0 Å². The third-order valence-electron chi connectivity index (χ3n) is 4.28. The summed E-state index contributed by atoms with van der Waals surface area (Å²) in [5.74, 6) is 1.57. The molecule has 0 unspecified atom stereocenters. The number of nitrogens with one attached hydrogen (secondary N) is 2. The molecule has 0 atom stereocenters. The van der Waals surface area contributed by atoms with E-state index in [1.807, 2.05) is 48.1 Å². The van der Waals surface area contributed by atoms with E-state index in [-0.39, 0.29) is 0 Å². The molecule has 8 nitrogen and oxygen atoms in total. The highest BCUT2D eigenvalue weighted by molar-refractivity contribution is 5.79. The van der Waals surface area contributed by atoms with E-state index in [1.54, 1.807) is 7.11 Å². The third-order valence-corrected chi connectivity index (χ3v) is 4.28. The fraction of sp³-hybridized carbons (Fsp3) is 0.545. The number of benzene rings is 1. The zero-order valence-corrected chi connectivity index (χ0v) is 18.4. The van der Waals surface area contributed by atoms with Gasteiger partial charge in [0.1, 0.15) is 5.75 Å². The number of hydrogen-bond acceptors (Lipinski definition) is 5. The summed E-state index contributed by atoms with van der Waals surface area (Å²) in [6.45, 7) is 8.83. The lowest BCUT2D eigenvalue weighted by molar-refractivity contribution is 0.0487. The number of aliphatic imine (C=N–C) groups is 1. The second-order valence-electron chi connectivity index (χ2n) is 6.65. The van der Waals surface area contributed by atoms with E-state index >= 15 is 0 Å². The van der Waals surface area contributed by atoms with Gasteiger partial charge in [0.2, 0.25) is 0 Å². The van der Waals surface area contributed by atoms with E-state index < -0.39 is 0 Å². The summed E-state index contributed by atoms with van der Waals surface area (Å²) >= 11 is 0. The van der Waals surface area contributed by atoms with Gasteiger partial charge in [-0.05, 0) is 43.7 Å². The van der Waals surface area contributed by atoms with Crippen LogP contribution in [0.15, 0.2) is 41.5 Å². The zero-order valence-electron chi connectivity index (χ0n) is 18.4. The summed E-state index contributed by atoms with van der Waals surface area (Å²) in [6, 6.07) is 9.75. The maximum absolute atomic E-state index is 5.58. The molecule has 166 valence electrons. The van der Waals surface area contributed by atoms with Crippen molar-refractivity contribution in [3.05, 3.63) is 42.2 Å². The molecule has 0 radical (unpaired) electrons. The molecule has 0 bridgehead atoms. The smallest absolute Gasteiger partial charge is 0.191 e. The van der Waals surface area contributed by atoms with E-state index in [2.05, 4.69) is 27.6 Å². The molecule has 0 aliphatic heterocycles. The summed E-state index contributed by atoms with van der Waals surface area (Å²) in [7, 11) is 1.66. The Morgan fingerprint density at radius 3 is 2.47 bits per heavy atom. The average molecular weight is 418 g/mol. The van der Waals surface area contributed by atoms with Crippen molar-refractivity contribution in [2.75, 3.05) is 46.6 Å². The van der Waals surface area contributed by atoms with Crippen LogP contribution in [0.2, 0.25) is 0 Å². The van der Waals surface area contributed by atoms with Crippen molar-refractivity contribution in [3.8, 4) is 11.4 Å². The predicted octanol–water partition coefficient (Wildman–Crippen LogP) is 2.77. The van der Waals surface area contributed by atoms with Crippen LogP contribution in [0.4, 0.5) is 0 Å². The summed E-state index contributed by atoms with van der Waals surface area (Å²) in [5, 5.41) is 11.1. The Labute approximate surface area is 179 Å². The number of guanidine groups is 1. The number of hydrogen-bond donors (Lipinski definition) is 2. The Hall–Kier alpha value is -2.58. The molecule has 0 fully saturated rings. The highest BCUT2D eigenvalue weighted by Gasteiger charge is 2.03. The van der Waals surface area contributed by atoms with Crippen LogP contribution in [-0.4, -0.2) is 62.4 Å². The van der Waals surface area contributed by atoms with Crippen molar-refractivity contribution in [1.82, 2.24) is 20.4 Å². The van der Waals surface area contributed by atoms with E-state index in [0.717, 1.165) is 49.1 Å². The van der Waals surface area contributed by atoms with E-state index in [1.165, 1.54) is 0 Å². The molecule has 0 saturated carbocycles. The van der Waals surface area contributed by atoms with Crippen LogP contribution < -0.4 is 15.4 Å². The van der Waals surface area contributed by atoms with Gasteiger partial charge in [-0.2, -0.15) is 5.10 Å². The van der Waals surface area contributed by atoms with Crippen molar-refractivity contribution in [2.45, 2.75) is 33.2 Å². The predicted molar refractivity (Wildman–Crippen MR) is 119 cm³/mol. The molecular weight excluding hydrogens is 382 g/mol. The molecule has 1 aromatic carbocycles. The topological polar surface area (TPSA) is 81.9 Å². The Kier molecular flexibility index (Phi) is 11.4. The van der Waals surface area contributed by atoms with Gasteiger partial charge >= 0.3 is 0 Å². The van der Waals surface area contributed by atoms with E-state index in [4.69, 9.17) is 14.2 Å². The Morgan fingerprint density at radius 1 is 1.00 bits per heavy atom. The molecule has 0 amide bonds. The first kappa shape index (κ1) is 23.7. The van der Waals surface area contributed by atoms with Crippen molar-refractivity contribution in [2.24, 2.45) is 4.99 Å². The summed E-state index contributed by atoms with van der Waals surface area (Å²) in [5.41, 5.74) is 1.87. The van der Waals surface area contributed by atoms with Gasteiger partial charge in [-0.3, -0.25) is 0 Å². The number of ether oxygens (including phenoxy) is 3. The second kappa shape index (κ2) is 14.4. The minimum absolute atomic E-state index is 0.491. The maximum Gasteiger partial charge on any atom is 0.191 e. The van der Waals surface area contributed by atoms with E-state index in [9.17, 15) is 0 Å². The molecule has 2 rings (SSSR count). The minimum Gasteiger partial charge on any atom is -0.497 e. The highest BCUT2D eigenvalue weighted by atomic mass is 16.5. The number of rotatable bonds is 14. The molecule has 1 aromatic heterocycles. The molecule has 30 heavy (non-hydrogen) atoms. The van der Waals surface area contributed by atoms with Gasteiger partial charge in [-0.15, -0.1) is 0 Å². The van der Waals surface area contributed by atoms with Crippen LogP contribution in [0, 0.1) is 0 Å². The number of methoxy groups -OCH3 is 1. The van der Waals surface area contributed by atoms with Crippen LogP contribution in [0.25, 0.3) is 5.69 Å². The monoisotopic (exact) mass is 417 g/mol. The summed E-state index contributed by atoms with van der Waals surface area (Å²) in [4.78, 5) is 4.60. The van der Waals surface area contributed by atoms with Crippen LogP contribution in [0.1, 0.15) is 32.4 Å². The van der Waals surface area contributed by atoms with E-state index in [0.29, 0.717) is 32.9 Å². The average Bonchev–Trinajstić information content (AvgIpc) is 3.25. The fourth-order valence-corrected chi connectivity index (χ4v) is 2.64. The summed E-state index contributed by atoms with van der Waals surface area (Å²) < 4.78 is 18.1. The Balaban J connectivity index is 1.74. The first-order valence-electron chi connectivity index (χ1n) is 10.6. The van der Waals surface area contributed by atoms with Crippen LogP contribution in [0.3, 0.4) is 0 Å². The van der Waals surface area contributed by atoms with Gasteiger partial charge in [0.15, 0.2) is 5.96 Å². The van der Waals surface area contributed by atoms with Crippen LogP contribution >= 0.6 is 0 Å². The lowest BCUT2D eigenvalue weighted by Crippen LogP contribution is -2.39. The van der Waals surface area contributed by atoms with Gasteiger partial charge in [0, 0.05) is 25.9 Å². The molecule has 2 aromatic rings. The first-order valence-corrected chi connectivity index (χ1v) is 10.6. The van der Waals surface area contributed by atoms with Gasteiger partial charge in [-0.25, -0.2) is 9.67 Å². The molecule has 8 heteroatoms. The van der Waals surface area contributed by atoms with Crippen LogP contribution in [0.5, 0.6) is 5.75 Å². The number of nitrogens with zero attached hydrogens (tertiary/aromatic N) is 3. The highest BCUT2D eigenvalue weighted by Crippen LogP contribution is 2.14. The quantitative estimate of drug-likeness (QED) is 0.279. The molecule has 0 spiro atoms. The number of aromatic nitrogens is 2. The lowest BCUT2D eigenvalue weighted by Gasteiger charge is -2.11. The second-order valence-corrected chi connectivity index (χ2v) is 6.65. The maximum atomic E-state index is 5.58. The molecule has 0 aliphatic carbocycles.